The molecule has 136 valence electrons. The molecule has 3 nitrogen and oxygen atoms in total. The van der Waals surface area contributed by atoms with Crippen LogP contribution in [0.5, 0.6) is 0 Å². The molecule has 0 atom stereocenters. The van der Waals surface area contributed by atoms with E-state index in [1.54, 1.807) is 0 Å². The Morgan fingerprint density at radius 3 is 2.71 bits per heavy atom. The summed E-state index contributed by atoms with van der Waals surface area (Å²) in [5.74, 6) is 0.642. The maximum Gasteiger partial charge on any atom is 0.0798 e. The van der Waals surface area contributed by atoms with Crippen LogP contribution in [0, 0.1) is 5.41 Å². The third-order valence-electron chi connectivity index (χ3n) is 5.83. The highest BCUT2D eigenvalue weighted by Gasteiger charge is 2.46. The van der Waals surface area contributed by atoms with Crippen LogP contribution in [-0.4, -0.2) is 35.7 Å². The number of hydrogen-bond donors (Lipinski definition) is 0. The number of aromatic nitrogens is 1. The first-order chi connectivity index (χ1) is 11.4. The average Bonchev–Trinajstić information content (AvgIpc) is 3.11. The van der Waals surface area contributed by atoms with Crippen LogP contribution in [0.15, 0.2) is 5.51 Å². The van der Waals surface area contributed by atoms with E-state index in [0.29, 0.717) is 11.3 Å². The topological polar surface area (TPSA) is 25.4 Å². The molecule has 1 aliphatic carbocycles. The van der Waals surface area contributed by atoms with Crippen molar-refractivity contribution in [2.75, 3.05) is 20.2 Å². The Balaban J connectivity index is 1.58. The standard InChI is InChI=1S/C20H34N2OS/c1-5-6-11-22(4)12-17-18(21-15-24-17)16-7-9-20(10-8-16)13-19(2,3)14-23-20/h15-16H,5-14H2,1-4H3. The Morgan fingerprint density at radius 2 is 2.08 bits per heavy atom. The molecule has 0 bridgehead atoms. The van der Waals surface area contributed by atoms with Crippen molar-refractivity contribution in [3.8, 4) is 0 Å². The van der Waals surface area contributed by atoms with E-state index < -0.39 is 0 Å². The molecular formula is C20H34N2OS. The number of nitrogens with zero attached hydrogens (tertiary/aromatic N) is 2. The molecule has 4 heteroatoms. The van der Waals surface area contributed by atoms with Gasteiger partial charge in [0, 0.05) is 17.3 Å². The summed E-state index contributed by atoms with van der Waals surface area (Å²) in [4.78, 5) is 8.71. The number of ether oxygens (including phenoxy) is 1. The summed E-state index contributed by atoms with van der Waals surface area (Å²) in [6.45, 7) is 10.1. The van der Waals surface area contributed by atoms with Crippen molar-refractivity contribution < 1.29 is 4.74 Å². The fourth-order valence-corrected chi connectivity index (χ4v) is 5.47. The van der Waals surface area contributed by atoms with Gasteiger partial charge in [0.1, 0.15) is 0 Å². The third-order valence-corrected chi connectivity index (χ3v) is 6.67. The lowest BCUT2D eigenvalue weighted by Crippen LogP contribution is -2.33. The molecular weight excluding hydrogens is 316 g/mol. The van der Waals surface area contributed by atoms with Gasteiger partial charge in [-0.1, -0.05) is 27.2 Å². The molecule has 24 heavy (non-hydrogen) atoms. The van der Waals surface area contributed by atoms with Crippen molar-refractivity contribution >= 4 is 11.3 Å². The smallest absolute Gasteiger partial charge is 0.0798 e. The van der Waals surface area contributed by atoms with Crippen LogP contribution in [0.3, 0.4) is 0 Å². The molecule has 0 amide bonds. The molecule has 1 spiro atoms. The molecule has 2 fully saturated rings. The summed E-state index contributed by atoms with van der Waals surface area (Å²) >= 11 is 1.84. The van der Waals surface area contributed by atoms with Gasteiger partial charge in [-0.3, -0.25) is 0 Å². The normalized spacial score (nSPS) is 29.6. The van der Waals surface area contributed by atoms with Gasteiger partial charge in [-0.25, -0.2) is 4.98 Å². The molecule has 1 saturated heterocycles. The quantitative estimate of drug-likeness (QED) is 0.703. The minimum absolute atomic E-state index is 0.175. The molecule has 1 aromatic rings. The van der Waals surface area contributed by atoms with Crippen LogP contribution >= 0.6 is 11.3 Å². The Kier molecular flexibility index (Phi) is 5.68. The lowest BCUT2D eigenvalue weighted by molar-refractivity contribution is -0.0296. The fourth-order valence-electron chi connectivity index (χ4n) is 4.54. The van der Waals surface area contributed by atoms with Crippen LogP contribution in [0.1, 0.15) is 82.2 Å². The summed E-state index contributed by atoms with van der Waals surface area (Å²) < 4.78 is 6.28. The van der Waals surface area contributed by atoms with Gasteiger partial charge >= 0.3 is 0 Å². The van der Waals surface area contributed by atoms with Crippen LogP contribution in [-0.2, 0) is 11.3 Å². The molecule has 1 aliphatic heterocycles. The van der Waals surface area contributed by atoms with Gasteiger partial charge in [-0.05, 0) is 57.5 Å². The predicted molar refractivity (Wildman–Crippen MR) is 102 cm³/mol. The molecule has 3 rings (SSSR count). The first kappa shape index (κ1) is 18.3. The van der Waals surface area contributed by atoms with Crippen LogP contribution in [0.2, 0.25) is 0 Å². The predicted octanol–water partition coefficient (Wildman–Crippen LogP) is 5.22. The molecule has 1 saturated carbocycles. The Bertz CT molecular complexity index is 531. The minimum Gasteiger partial charge on any atom is -0.374 e. The van der Waals surface area contributed by atoms with Gasteiger partial charge < -0.3 is 9.64 Å². The van der Waals surface area contributed by atoms with Crippen LogP contribution in [0.4, 0.5) is 0 Å². The van der Waals surface area contributed by atoms with E-state index in [4.69, 9.17) is 9.72 Å². The van der Waals surface area contributed by atoms with Crippen molar-refractivity contribution in [1.82, 2.24) is 9.88 Å². The lowest BCUT2D eigenvalue weighted by Gasteiger charge is -2.37. The van der Waals surface area contributed by atoms with Crippen molar-refractivity contribution in [1.29, 1.82) is 0 Å². The third kappa shape index (κ3) is 4.20. The molecule has 0 unspecified atom stereocenters. The molecule has 2 aliphatic rings. The van der Waals surface area contributed by atoms with Gasteiger partial charge in [0.15, 0.2) is 0 Å². The Hall–Kier alpha value is -0.450. The van der Waals surface area contributed by atoms with Crippen molar-refractivity contribution in [2.24, 2.45) is 5.41 Å². The number of unbranched alkanes of at least 4 members (excludes halogenated alkanes) is 1. The largest absolute Gasteiger partial charge is 0.374 e. The second-order valence-electron chi connectivity index (χ2n) is 8.84. The summed E-state index contributed by atoms with van der Waals surface area (Å²) in [5, 5.41) is 0. The number of rotatable bonds is 6. The highest BCUT2D eigenvalue weighted by atomic mass is 32.1. The van der Waals surface area contributed by atoms with E-state index in [0.717, 1.165) is 13.2 Å². The van der Waals surface area contributed by atoms with Gasteiger partial charge in [0.2, 0.25) is 0 Å². The highest BCUT2D eigenvalue weighted by Crippen LogP contribution is 2.50. The van der Waals surface area contributed by atoms with E-state index in [1.807, 2.05) is 11.3 Å². The molecule has 2 heterocycles. The zero-order valence-electron chi connectivity index (χ0n) is 15.9. The van der Waals surface area contributed by atoms with E-state index in [2.05, 4.69) is 38.2 Å². The molecule has 0 aromatic carbocycles. The first-order valence-electron chi connectivity index (χ1n) is 9.68. The van der Waals surface area contributed by atoms with E-state index in [9.17, 15) is 0 Å². The summed E-state index contributed by atoms with van der Waals surface area (Å²) in [6.07, 6.45) is 8.69. The van der Waals surface area contributed by atoms with Crippen molar-refractivity contribution in [2.45, 2.75) is 83.8 Å². The fraction of sp³-hybridized carbons (Fsp3) is 0.850. The van der Waals surface area contributed by atoms with Crippen molar-refractivity contribution in [3.05, 3.63) is 16.1 Å². The monoisotopic (exact) mass is 350 g/mol. The maximum atomic E-state index is 6.28. The number of thiazole rings is 1. The highest BCUT2D eigenvalue weighted by molar-refractivity contribution is 7.09. The summed E-state index contributed by atoms with van der Waals surface area (Å²) in [6, 6.07) is 0. The SMILES string of the molecule is CCCCN(C)Cc1scnc1C1CCC2(CC1)CC(C)(C)CO2. The maximum absolute atomic E-state index is 6.28. The van der Waals surface area contributed by atoms with Crippen LogP contribution < -0.4 is 0 Å². The van der Waals surface area contributed by atoms with Gasteiger partial charge in [-0.2, -0.15) is 0 Å². The minimum atomic E-state index is 0.175. The zero-order valence-corrected chi connectivity index (χ0v) is 16.8. The van der Waals surface area contributed by atoms with Crippen LogP contribution in [0.25, 0.3) is 0 Å². The lowest BCUT2D eigenvalue weighted by atomic mass is 9.72. The summed E-state index contributed by atoms with van der Waals surface area (Å²) in [5.41, 5.74) is 3.97. The molecule has 1 aromatic heterocycles. The zero-order chi connectivity index (χ0) is 17.2. The first-order valence-corrected chi connectivity index (χ1v) is 10.6. The van der Waals surface area contributed by atoms with E-state index >= 15 is 0 Å². The Morgan fingerprint density at radius 1 is 1.33 bits per heavy atom. The number of hydrogen-bond acceptors (Lipinski definition) is 4. The second-order valence-corrected chi connectivity index (χ2v) is 9.78. The Labute approximate surface area is 151 Å². The molecule has 0 radical (unpaired) electrons. The average molecular weight is 351 g/mol. The summed E-state index contributed by atoms with van der Waals surface area (Å²) in [7, 11) is 2.24. The van der Waals surface area contributed by atoms with E-state index in [1.165, 1.54) is 62.1 Å². The second kappa shape index (κ2) is 7.43. The van der Waals surface area contributed by atoms with Gasteiger partial charge in [-0.15, -0.1) is 11.3 Å². The van der Waals surface area contributed by atoms with Gasteiger partial charge in [0.05, 0.1) is 23.4 Å². The van der Waals surface area contributed by atoms with E-state index in [-0.39, 0.29) is 5.60 Å². The van der Waals surface area contributed by atoms with Crippen molar-refractivity contribution in [3.63, 3.8) is 0 Å². The molecule has 0 N–H and O–H groups in total. The van der Waals surface area contributed by atoms with Gasteiger partial charge in [0.25, 0.3) is 0 Å².